The molecule has 0 saturated heterocycles. The summed E-state index contributed by atoms with van der Waals surface area (Å²) < 4.78 is 5.30. The van der Waals surface area contributed by atoms with E-state index < -0.39 is 0 Å². The first-order chi connectivity index (χ1) is 8.78. The Morgan fingerprint density at radius 2 is 2.17 bits per heavy atom. The van der Waals surface area contributed by atoms with E-state index in [0.29, 0.717) is 30.0 Å². The molecule has 2 heterocycles. The minimum atomic E-state index is 0.479. The van der Waals surface area contributed by atoms with Gasteiger partial charge in [-0.2, -0.15) is 0 Å². The lowest BCUT2D eigenvalue weighted by molar-refractivity contribution is 0.326. The minimum Gasteiger partial charge on any atom is -0.478 e. The van der Waals surface area contributed by atoms with Crippen molar-refractivity contribution in [3.8, 4) is 5.88 Å². The summed E-state index contributed by atoms with van der Waals surface area (Å²) >= 11 is 5.81. The summed E-state index contributed by atoms with van der Waals surface area (Å²) in [5.41, 5.74) is 1.03. The minimum absolute atomic E-state index is 0.479. The molecule has 2 aromatic heterocycles. The molecule has 1 N–H and O–H groups in total. The number of anilines is 1. The second kappa shape index (κ2) is 6.16. The molecule has 5 nitrogen and oxygen atoms in total. The molecule has 0 atom stereocenters. The van der Waals surface area contributed by atoms with Crippen LogP contribution in [-0.2, 0) is 6.54 Å². The molecule has 0 fully saturated rings. The SMILES string of the molecule is CCOc1cc(NCc2ccnc(Cl)c2)ncn1. The second-order valence-electron chi connectivity index (χ2n) is 3.51. The number of aromatic nitrogens is 3. The van der Waals surface area contributed by atoms with Crippen LogP contribution in [0.5, 0.6) is 5.88 Å². The van der Waals surface area contributed by atoms with E-state index in [0.717, 1.165) is 5.56 Å². The fourth-order valence-electron chi connectivity index (χ4n) is 1.41. The Labute approximate surface area is 110 Å². The van der Waals surface area contributed by atoms with Crippen LogP contribution >= 0.6 is 11.6 Å². The third kappa shape index (κ3) is 3.56. The van der Waals surface area contributed by atoms with Crippen LogP contribution in [0.15, 0.2) is 30.7 Å². The zero-order valence-corrected chi connectivity index (χ0v) is 10.7. The first kappa shape index (κ1) is 12.6. The molecule has 0 saturated carbocycles. The summed E-state index contributed by atoms with van der Waals surface area (Å²) in [6.45, 7) is 3.11. The monoisotopic (exact) mass is 264 g/mol. The zero-order valence-electron chi connectivity index (χ0n) is 9.93. The van der Waals surface area contributed by atoms with Gasteiger partial charge in [0, 0.05) is 18.8 Å². The van der Waals surface area contributed by atoms with Crippen molar-refractivity contribution in [2.75, 3.05) is 11.9 Å². The molecule has 0 radical (unpaired) electrons. The molecular weight excluding hydrogens is 252 g/mol. The Morgan fingerprint density at radius 3 is 2.94 bits per heavy atom. The van der Waals surface area contributed by atoms with Gasteiger partial charge in [0.15, 0.2) is 0 Å². The van der Waals surface area contributed by atoms with Gasteiger partial charge in [0.1, 0.15) is 17.3 Å². The van der Waals surface area contributed by atoms with Crippen LogP contribution in [0, 0.1) is 0 Å². The molecule has 0 aliphatic heterocycles. The van der Waals surface area contributed by atoms with Gasteiger partial charge in [-0.15, -0.1) is 0 Å². The third-order valence-electron chi connectivity index (χ3n) is 2.20. The number of pyridine rings is 1. The maximum Gasteiger partial charge on any atom is 0.218 e. The lowest BCUT2D eigenvalue weighted by Crippen LogP contribution is -2.03. The highest BCUT2D eigenvalue weighted by atomic mass is 35.5. The molecule has 0 amide bonds. The smallest absolute Gasteiger partial charge is 0.218 e. The van der Waals surface area contributed by atoms with Crippen molar-refractivity contribution in [2.24, 2.45) is 0 Å². The number of nitrogens with one attached hydrogen (secondary N) is 1. The predicted molar refractivity (Wildman–Crippen MR) is 69.8 cm³/mol. The van der Waals surface area contributed by atoms with Crippen LogP contribution in [0.2, 0.25) is 5.15 Å². The number of ether oxygens (including phenoxy) is 1. The average molecular weight is 265 g/mol. The Bertz CT molecular complexity index is 521. The number of hydrogen-bond donors (Lipinski definition) is 1. The molecule has 0 aromatic carbocycles. The standard InChI is InChI=1S/C12H13ClN4O/c1-2-18-12-6-11(16-8-17-12)15-7-9-3-4-14-10(13)5-9/h3-6,8H,2,7H2,1H3,(H,15,16,17). The van der Waals surface area contributed by atoms with E-state index in [4.69, 9.17) is 16.3 Å². The maximum absolute atomic E-state index is 5.81. The van der Waals surface area contributed by atoms with Crippen LogP contribution in [0.3, 0.4) is 0 Å². The largest absolute Gasteiger partial charge is 0.478 e. The van der Waals surface area contributed by atoms with E-state index in [9.17, 15) is 0 Å². The first-order valence-electron chi connectivity index (χ1n) is 5.57. The molecule has 0 unspecified atom stereocenters. The van der Waals surface area contributed by atoms with Crippen LogP contribution in [-0.4, -0.2) is 21.6 Å². The predicted octanol–water partition coefficient (Wildman–Crippen LogP) is 2.54. The highest BCUT2D eigenvalue weighted by Crippen LogP contribution is 2.13. The lowest BCUT2D eigenvalue weighted by Gasteiger charge is -2.07. The summed E-state index contributed by atoms with van der Waals surface area (Å²) in [6.07, 6.45) is 3.14. The number of halogens is 1. The van der Waals surface area contributed by atoms with Gasteiger partial charge in [0.2, 0.25) is 5.88 Å². The van der Waals surface area contributed by atoms with Crippen molar-refractivity contribution < 1.29 is 4.74 Å². The summed E-state index contributed by atoms with van der Waals surface area (Å²) in [6, 6.07) is 5.45. The number of rotatable bonds is 5. The van der Waals surface area contributed by atoms with Crippen molar-refractivity contribution in [3.05, 3.63) is 41.4 Å². The Hall–Kier alpha value is -1.88. The summed E-state index contributed by atoms with van der Waals surface area (Å²) in [5, 5.41) is 3.65. The average Bonchev–Trinajstić information content (AvgIpc) is 2.37. The molecule has 0 spiro atoms. The molecule has 94 valence electrons. The van der Waals surface area contributed by atoms with Gasteiger partial charge in [-0.1, -0.05) is 11.6 Å². The maximum atomic E-state index is 5.81. The van der Waals surface area contributed by atoms with Crippen molar-refractivity contribution >= 4 is 17.4 Å². The number of nitrogens with zero attached hydrogens (tertiary/aromatic N) is 3. The highest BCUT2D eigenvalue weighted by molar-refractivity contribution is 6.29. The van der Waals surface area contributed by atoms with Gasteiger partial charge >= 0.3 is 0 Å². The van der Waals surface area contributed by atoms with Gasteiger partial charge in [0.05, 0.1) is 6.61 Å². The molecule has 6 heteroatoms. The highest BCUT2D eigenvalue weighted by Gasteiger charge is 2.00. The molecule has 2 aromatic rings. The molecule has 2 rings (SSSR count). The van der Waals surface area contributed by atoms with Crippen LogP contribution < -0.4 is 10.1 Å². The first-order valence-corrected chi connectivity index (χ1v) is 5.95. The van der Waals surface area contributed by atoms with E-state index in [1.807, 2.05) is 13.0 Å². The summed E-state index contributed by atoms with van der Waals surface area (Å²) in [4.78, 5) is 12.0. The topological polar surface area (TPSA) is 59.9 Å². The van der Waals surface area contributed by atoms with E-state index in [1.54, 1.807) is 18.3 Å². The summed E-state index contributed by atoms with van der Waals surface area (Å²) in [7, 11) is 0. The van der Waals surface area contributed by atoms with Crippen molar-refractivity contribution in [2.45, 2.75) is 13.5 Å². The van der Waals surface area contributed by atoms with Crippen molar-refractivity contribution in [1.29, 1.82) is 0 Å². The summed E-state index contributed by atoms with van der Waals surface area (Å²) in [5.74, 6) is 1.27. The van der Waals surface area contributed by atoms with Gasteiger partial charge in [0.25, 0.3) is 0 Å². The zero-order chi connectivity index (χ0) is 12.8. The van der Waals surface area contributed by atoms with Gasteiger partial charge in [-0.3, -0.25) is 0 Å². The quantitative estimate of drug-likeness (QED) is 0.841. The van der Waals surface area contributed by atoms with Crippen LogP contribution in [0.1, 0.15) is 12.5 Å². The molecule has 0 aliphatic rings. The fraction of sp³-hybridized carbons (Fsp3) is 0.250. The number of hydrogen-bond acceptors (Lipinski definition) is 5. The lowest BCUT2D eigenvalue weighted by atomic mass is 10.3. The third-order valence-corrected chi connectivity index (χ3v) is 2.41. The Balaban J connectivity index is 1.99. The van der Waals surface area contributed by atoms with Crippen molar-refractivity contribution in [3.63, 3.8) is 0 Å². The van der Waals surface area contributed by atoms with Gasteiger partial charge in [-0.05, 0) is 24.6 Å². The van der Waals surface area contributed by atoms with E-state index >= 15 is 0 Å². The van der Waals surface area contributed by atoms with E-state index in [2.05, 4.69) is 20.3 Å². The van der Waals surface area contributed by atoms with Crippen LogP contribution in [0.25, 0.3) is 0 Å². The molecule has 0 bridgehead atoms. The van der Waals surface area contributed by atoms with E-state index in [1.165, 1.54) is 6.33 Å². The fourth-order valence-corrected chi connectivity index (χ4v) is 1.60. The Kier molecular flexibility index (Phi) is 4.30. The van der Waals surface area contributed by atoms with Gasteiger partial charge < -0.3 is 10.1 Å². The normalized spacial score (nSPS) is 10.1. The second-order valence-corrected chi connectivity index (χ2v) is 3.90. The molecular formula is C12H13ClN4O. The van der Waals surface area contributed by atoms with Crippen molar-refractivity contribution in [1.82, 2.24) is 15.0 Å². The van der Waals surface area contributed by atoms with Crippen LogP contribution in [0.4, 0.5) is 5.82 Å². The van der Waals surface area contributed by atoms with E-state index in [-0.39, 0.29) is 0 Å². The Morgan fingerprint density at radius 1 is 1.28 bits per heavy atom. The molecule has 0 aliphatic carbocycles. The van der Waals surface area contributed by atoms with Gasteiger partial charge in [-0.25, -0.2) is 15.0 Å². The molecule has 18 heavy (non-hydrogen) atoms.